The number of pyridine rings is 1. The average molecular weight is 300 g/mol. The van der Waals surface area contributed by atoms with Gasteiger partial charge in [-0.25, -0.2) is 4.98 Å². The molecule has 1 saturated heterocycles. The zero-order chi connectivity index (χ0) is 12.4. The highest BCUT2D eigenvalue weighted by Crippen LogP contribution is 2.29. The van der Waals surface area contributed by atoms with Gasteiger partial charge in [0.05, 0.1) is 11.8 Å². The highest BCUT2D eigenvalue weighted by Gasteiger charge is 2.27. The van der Waals surface area contributed by atoms with Crippen molar-refractivity contribution in [2.75, 3.05) is 24.3 Å². The van der Waals surface area contributed by atoms with E-state index >= 15 is 0 Å². The predicted octanol–water partition coefficient (Wildman–Crippen LogP) is 2.43. The number of anilines is 2. The summed E-state index contributed by atoms with van der Waals surface area (Å²) >= 11 is 3.38. The molecule has 1 aliphatic heterocycles. The van der Waals surface area contributed by atoms with E-state index in [9.17, 15) is 0 Å². The Balaban J connectivity index is 2.17. The van der Waals surface area contributed by atoms with Crippen LogP contribution in [-0.4, -0.2) is 30.8 Å². The van der Waals surface area contributed by atoms with Crippen molar-refractivity contribution in [2.24, 2.45) is 0 Å². The minimum atomic E-state index is 0.359. The van der Waals surface area contributed by atoms with Crippen LogP contribution in [0.5, 0.6) is 0 Å². The van der Waals surface area contributed by atoms with E-state index in [1.165, 1.54) is 0 Å². The summed E-state index contributed by atoms with van der Waals surface area (Å²) < 4.78 is 6.32. The molecule has 94 valence electrons. The van der Waals surface area contributed by atoms with Crippen molar-refractivity contribution >= 4 is 27.4 Å². The molecule has 17 heavy (non-hydrogen) atoms. The van der Waals surface area contributed by atoms with Crippen molar-refractivity contribution < 1.29 is 4.74 Å². The van der Waals surface area contributed by atoms with E-state index in [2.05, 4.69) is 32.7 Å². The molecule has 0 aromatic carbocycles. The molecule has 0 spiro atoms. The fourth-order valence-electron chi connectivity index (χ4n) is 2.35. The van der Waals surface area contributed by atoms with Gasteiger partial charge in [-0.05, 0) is 41.8 Å². The number of piperidine rings is 1. The van der Waals surface area contributed by atoms with Gasteiger partial charge in [-0.15, -0.1) is 0 Å². The van der Waals surface area contributed by atoms with Gasteiger partial charge in [0, 0.05) is 30.4 Å². The second-order valence-corrected chi connectivity index (χ2v) is 5.41. The van der Waals surface area contributed by atoms with Gasteiger partial charge in [0.1, 0.15) is 0 Å². The zero-order valence-corrected chi connectivity index (χ0v) is 11.8. The first-order chi connectivity index (χ1) is 8.11. The summed E-state index contributed by atoms with van der Waals surface area (Å²) in [4.78, 5) is 6.68. The summed E-state index contributed by atoms with van der Waals surface area (Å²) in [5.41, 5.74) is 6.74. The second-order valence-electron chi connectivity index (χ2n) is 4.49. The maximum Gasteiger partial charge on any atom is 0.152 e. The number of halogens is 1. The third kappa shape index (κ3) is 2.72. The van der Waals surface area contributed by atoms with E-state index in [-0.39, 0.29) is 0 Å². The molecule has 0 amide bonds. The van der Waals surface area contributed by atoms with E-state index < -0.39 is 0 Å². The molecule has 2 unspecified atom stereocenters. The molecule has 1 aliphatic rings. The Morgan fingerprint density at radius 2 is 2.35 bits per heavy atom. The average Bonchev–Trinajstić information content (AvgIpc) is 2.30. The Morgan fingerprint density at radius 1 is 1.59 bits per heavy atom. The van der Waals surface area contributed by atoms with Gasteiger partial charge in [-0.2, -0.15) is 0 Å². The normalized spacial score (nSPS) is 25.0. The third-order valence-electron chi connectivity index (χ3n) is 3.30. The van der Waals surface area contributed by atoms with Crippen LogP contribution in [0, 0.1) is 0 Å². The van der Waals surface area contributed by atoms with Gasteiger partial charge in [-0.3, -0.25) is 0 Å². The van der Waals surface area contributed by atoms with Gasteiger partial charge < -0.3 is 15.4 Å². The van der Waals surface area contributed by atoms with Crippen molar-refractivity contribution in [3.8, 4) is 0 Å². The van der Waals surface area contributed by atoms with E-state index in [0.717, 1.165) is 35.4 Å². The lowest BCUT2D eigenvalue weighted by Crippen LogP contribution is -2.44. The van der Waals surface area contributed by atoms with Crippen LogP contribution in [0.25, 0.3) is 0 Å². The fourth-order valence-corrected chi connectivity index (χ4v) is 2.69. The maximum atomic E-state index is 6.02. The van der Waals surface area contributed by atoms with Crippen LogP contribution in [0.3, 0.4) is 0 Å². The Hall–Kier alpha value is -0.810. The number of nitrogen functional groups attached to an aromatic ring is 1. The quantitative estimate of drug-likeness (QED) is 0.911. The molecule has 2 N–H and O–H groups in total. The first-order valence-corrected chi connectivity index (χ1v) is 6.61. The molecule has 0 aliphatic carbocycles. The molecule has 1 fully saturated rings. The minimum Gasteiger partial charge on any atom is -0.396 e. The first-order valence-electron chi connectivity index (χ1n) is 5.82. The van der Waals surface area contributed by atoms with Gasteiger partial charge in [0.15, 0.2) is 5.82 Å². The van der Waals surface area contributed by atoms with Gasteiger partial charge in [-0.1, -0.05) is 0 Å². The van der Waals surface area contributed by atoms with Gasteiger partial charge >= 0.3 is 0 Å². The largest absolute Gasteiger partial charge is 0.396 e. The first kappa shape index (κ1) is 12.6. The highest BCUT2D eigenvalue weighted by atomic mass is 79.9. The van der Waals surface area contributed by atoms with Crippen LogP contribution in [0.1, 0.15) is 19.8 Å². The molecule has 0 bridgehead atoms. The van der Waals surface area contributed by atoms with E-state index in [0.29, 0.717) is 12.1 Å². The number of rotatable bonds is 2. The Morgan fingerprint density at radius 3 is 2.94 bits per heavy atom. The van der Waals surface area contributed by atoms with E-state index in [1.807, 2.05) is 6.07 Å². The Kier molecular flexibility index (Phi) is 3.89. The smallest absolute Gasteiger partial charge is 0.152 e. The Bertz CT molecular complexity index is 399. The molecule has 0 saturated carbocycles. The summed E-state index contributed by atoms with van der Waals surface area (Å²) in [6, 6.07) is 2.31. The number of hydrogen-bond donors (Lipinski definition) is 1. The van der Waals surface area contributed by atoms with Crippen LogP contribution < -0.4 is 10.6 Å². The molecule has 1 aromatic rings. The molecular formula is C12H18BrN3O. The van der Waals surface area contributed by atoms with Crippen LogP contribution in [-0.2, 0) is 4.74 Å². The molecule has 2 rings (SSSR count). The standard InChI is InChI=1S/C12H18BrN3O/c1-8-5-10(17-2)3-4-16(8)12-11(14)6-9(13)7-15-12/h6-8,10H,3-5,14H2,1-2H3. The van der Waals surface area contributed by atoms with Gasteiger partial charge in [0.25, 0.3) is 0 Å². The van der Waals surface area contributed by atoms with Crippen molar-refractivity contribution in [3.05, 3.63) is 16.7 Å². The molecule has 2 heterocycles. The summed E-state index contributed by atoms with van der Waals surface area (Å²) in [5.74, 6) is 0.884. The predicted molar refractivity (Wildman–Crippen MR) is 73.2 cm³/mol. The molecule has 0 radical (unpaired) electrons. The second kappa shape index (κ2) is 5.23. The van der Waals surface area contributed by atoms with E-state index in [1.54, 1.807) is 13.3 Å². The SMILES string of the molecule is COC1CCN(c2ncc(Br)cc2N)C(C)C1. The number of nitrogens with zero attached hydrogens (tertiary/aromatic N) is 2. The van der Waals surface area contributed by atoms with Crippen LogP contribution in [0.15, 0.2) is 16.7 Å². The molecular weight excluding hydrogens is 282 g/mol. The highest BCUT2D eigenvalue weighted by molar-refractivity contribution is 9.10. The van der Waals surface area contributed by atoms with Crippen LogP contribution in [0.2, 0.25) is 0 Å². The number of hydrogen-bond acceptors (Lipinski definition) is 4. The summed E-state index contributed by atoms with van der Waals surface area (Å²) in [6.45, 7) is 3.13. The lowest BCUT2D eigenvalue weighted by molar-refractivity contribution is 0.0720. The Labute approximate surface area is 110 Å². The summed E-state index contributed by atoms with van der Waals surface area (Å²) in [7, 11) is 1.78. The monoisotopic (exact) mass is 299 g/mol. The van der Waals surface area contributed by atoms with Crippen molar-refractivity contribution in [3.63, 3.8) is 0 Å². The number of ether oxygens (including phenoxy) is 1. The minimum absolute atomic E-state index is 0.359. The van der Waals surface area contributed by atoms with Crippen LogP contribution in [0.4, 0.5) is 11.5 Å². The molecule has 1 aromatic heterocycles. The van der Waals surface area contributed by atoms with Crippen molar-refractivity contribution in [1.29, 1.82) is 0 Å². The zero-order valence-electron chi connectivity index (χ0n) is 10.2. The fraction of sp³-hybridized carbons (Fsp3) is 0.583. The molecule has 4 nitrogen and oxygen atoms in total. The number of aromatic nitrogens is 1. The topological polar surface area (TPSA) is 51.4 Å². The lowest BCUT2D eigenvalue weighted by Gasteiger charge is -2.38. The summed E-state index contributed by atoms with van der Waals surface area (Å²) in [6.07, 6.45) is 4.20. The molecule has 2 atom stereocenters. The van der Waals surface area contributed by atoms with Gasteiger partial charge in [0.2, 0.25) is 0 Å². The number of methoxy groups -OCH3 is 1. The number of nitrogens with two attached hydrogens (primary N) is 1. The summed E-state index contributed by atoms with van der Waals surface area (Å²) in [5, 5.41) is 0. The van der Waals surface area contributed by atoms with E-state index in [4.69, 9.17) is 10.5 Å². The van der Waals surface area contributed by atoms with Crippen molar-refractivity contribution in [2.45, 2.75) is 31.9 Å². The van der Waals surface area contributed by atoms with Crippen LogP contribution >= 0.6 is 15.9 Å². The third-order valence-corrected chi connectivity index (χ3v) is 3.73. The maximum absolute atomic E-state index is 6.02. The van der Waals surface area contributed by atoms with Crippen molar-refractivity contribution in [1.82, 2.24) is 4.98 Å². The molecule has 5 heteroatoms. The lowest BCUT2D eigenvalue weighted by atomic mass is 10.0.